The molecule has 0 aliphatic carbocycles. The lowest BCUT2D eigenvalue weighted by atomic mass is 9.77. The minimum absolute atomic E-state index is 0.609. The van der Waals surface area contributed by atoms with E-state index in [1.807, 2.05) is 12.3 Å². The summed E-state index contributed by atoms with van der Waals surface area (Å²) in [5.41, 5.74) is 7.85. The molecule has 0 spiro atoms. The van der Waals surface area contributed by atoms with Crippen molar-refractivity contribution in [1.82, 2.24) is 15.6 Å². The van der Waals surface area contributed by atoms with Crippen LogP contribution in [0.1, 0.15) is 50.1 Å². The molecule has 3 rings (SSSR count). The third-order valence-corrected chi connectivity index (χ3v) is 5.49. The Morgan fingerprint density at radius 3 is 2.36 bits per heavy atom. The second-order valence-electron chi connectivity index (χ2n) is 6.98. The molecule has 4 heteroatoms. The number of anilines is 1. The van der Waals surface area contributed by atoms with Crippen molar-refractivity contribution in [2.75, 3.05) is 31.9 Å². The summed E-state index contributed by atoms with van der Waals surface area (Å²) in [5, 5.41) is 6.96. The average Bonchev–Trinajstić information content (AvgIpc) is 2.58. The molecule has 4 N–H and O–H groups in total. The van der Waals surface area contributed by atoms with Crippen molar-refractivity contribution < 1.29 is 0 Å². The van der Waals surface area contributed by atoms with E-state index in [9.17, 15) is 0 Å². The highest BCUT2D eigenvalue weighted by Gasteiger charge is 2.27. The van der Waals surface area contributed by atoms with Crippen LogP contribution in [0.15, 0.2) is 18.3 Å². The van der Waals surface area contributed by atoms with Crippen molar-refractivity contribution in [1.29, 1.82) is 0 Å². The highest BCUT2D eigenvalue weighted by molar-refractivity contribution is 5.35. The first-order chi connectivity index (χ1) is 10.8. The first kappa shape index (κ1) is 15.8. The molecule has 1 atom stereocenters. The van der Waals surface area contributed by atoms with Gasteiger partial charge in [-0.05, 0) is 88.7 Å². The summed E-state index contributed by atoms with van der Waals surface area (Å²) in [4.78, 5) is 4.66. The van der Waals surface area contributed by atoms with Gasteiger partial charge in [0.1, 0.15) is 0 Å². The monoisotopic (exact) mass is 302 g/mol. The molecule has 2 aliphatic heterocycles. The third-order valence-electron chi connectivity index (χ3n) is 5.49. The molecule has 3 heterocycles. The lowest BCUT2D eigenvalue weighted by Crippen LogP contribution is -2.32. The topological polar surface area (TPSA) is 63.0 Å². The fraction of sp³-hybridized carbons (Fsp3) is 0.722. The van der Waals surface area contributed by atoms with Crippen molar-refractivity contribution in [2.45, 2.75) is 44.4 Å². The molecule has 1 aromatic rings. The maximum atomic E-state index is 5.82. The molecule has 0 bridgehead atoms. The van der Waals surface area contributed by atoms with Crippen molar-refractivity contribution in [3.05, 3.63) is 24.0 Å². The van der Waals surface area contributed by atoms with Crippen LogP contribution in [0.2, 0.25) is 0 Å². The van der Waals surface area contributed by atoms with Gasteiger partial charge in [0.15, 0.2) is 0 Å². The fourth-order valence-corrected chi connectivity index (χ4v) is 4.09. The summed E-state index contributed by atoms with van der Waals surface area (Å²) in [7, 11) is 0. The number of nitrogen functional groups attached to an aromatic ring is 1. The number of nitrogens with one attached hydrogen (secondary N) is 2. The molecule has 2 saturated heterocycles. The van der Waals surface area contributed by atoms with Crippen LogP contribution in [0.3, 0.4) is 0 Å². The van der Waals surface area contributed by atoms with E-state index in [1.54, 1.807) is 0 Å². The molecule has 0 radical (unpaired) electrons. The number of aromatic nitrogens is 1. The second kappa shape index (κ2) is 7.93. The molecule has 1 unspecified atom stereocenters. The van der Waals surface area contributed by atoms with Crippen LogP contribution in [0.4, 0.5) is 5.69 Å². The average molecular weight is 302 g/mol. The number of rotatable bonds is 5. The molecule has 0 amide bonds. The number of nitrogens with zero attached hydrogens (tertiary/aromatic N) is 1. The van der Waals surface area contributed by atoms with Crippen LogP contribution >= 0.6 is 0 Å². The van der Waals surface area contributed by atoms with Crippen LogP contribution < -0.4 is 16.4 Å². The Hall–Kier alpha value is -1.13. The summed E-state index contributed by atoms with van der Waals surface area (Å²) in [6.45, 7) is 4.71. The van der Waals surface area contributed by atoms with Gasteiger partial charge in [-0.25, -0.2) is 0 Å². The maximum absolute atomic E-state index is 5.82. The van der Waals surface area contributed by atoms with Gasteiger partial charge in [-0.3, -0.25) is 4.98 Å². The van der Waals surface area contributed by atoms with Gasteiger partial charge in [-0.2, -0.15) is 0 Å². The Morgan fingerprint density at radius 1 is 1.05 bits per heavy atom. The minimum Gasteiger partial charge on any atom is -0.397 e. The normalized spacial score (nSPS) is 22.5. The van der Waals surface area contributed by atoms with Crippen molar-refractivity contribution in [3.63, 3.8) is 0 Å². The summed E-state index contributed by atoms with van der Waals surface area (Å²) in [5.74, 6) is 2.29. The van der Waals surface area contributed by atoms with Crippen LogP contribution in [0, 0.1) is 11.8 Å². The second-order valence-corrected chi connectivity index (χ2v) is 6.98. The van der Waals surface area contributed by atoms with Gasteiger partial charge in [0.05, 0.1) is 11.9 Å². The predicted molar refractivity (Wildman–Crippen MR) is 91.8 cm³/mol. The summed E-state index contributed by atoms with van der Waals surface area (Å²) in [6, 6.07) is 4.17. The SMILES string of the molecule is Nc1ccc(C(CCC2CCNCC2)C2CCNCC2)nc1. The molecule has 0 saturated carbocycles. The van der Waals surface area contributed by atoms with Crippen LogP contribution in [0.25, 0.3) is 0 Å². The van der Waals surface area contributed by atoms with E-state index in [1.165, 1.54) is 57.3 Å². The number of nitrogens with two attached hydrogens (primary N) is 1. The van der Waals surface area contributed by atoms with E-state index in [-0.39, 0.29) is 0 Å². The first-order valence-electron chi connectivity index (χ1n) is 8.96. The van der Waals surface area contributed by atoms with E-state index >= 15 is 0 Å². The highest BCUT2D eigenvalue weighted by atomic mass is 14.9. The number of hydrogen-bond donors (Lipinski definition) is 3. The van der Waals surface area contributed by atoms with E-state index in [0.717, 1.165) is 30.6 Å². The number of pyridine rings is 1. The van der Waals surface area contributed by atoms with Gasteiger partial charge in [-0.1, -0.05) is 0 Å². The number of piperidine rings is 2. The highest BCUT2D eigenvalue weighted by Crippen LogP contribution is 2.36. The van der Waals surface area contributed by atoms with E-state index < -0.39 is 0 Å². The predicted octanol–water partition coefficient (Wildman–Crippen LogP) is 2.53. The molecule has 0 aromatic carbocycles. The summed E-state index contributed by atoms with van der Waals surface area (Å²) >= 11 is 0. The smallest absolute Gasteiger partial charge is 0.0501 e. The quantitative estimate of drug-likeness (QED) is 0.782. The van der Waals surface area contributed by atoms with Crippen LogP contribution in [0.5, 0.6) is 0 Å². The first-order valence-corrected chi connectivity index (χ1v) is 8.96. The van der Waals surface area contributed by atoms with Crippen LogP contribution in [-0.4, -0.2) is 31.2 Å². The Kier molecular flexibility index (Phi) is 5.68. The maximum Gasteiger partial charge on any atom is 0.0501 e. The lowest BCUT2D eigenvalue weighted by Gasteiger charge is -2.32. The van der Waals surface area contributed by atoms with Gasteiger partial charge in [0.25, 0.3) is 0 Å². The molecule has 1 aromatic heterocycles. The van der Waals surface area contributed by atoms with Gasteiger partial charge in [-0.15, -0.1) is 0 Å². The Bertz CT molecular complexity index is 433. The number of hydrogen-bond acceptors (Lipinski definition) is 4. The molecular formula is C18H30N4. The fourth-order valence-electron chi connectivity index (χ4n) is 4.09. The largest absolute Gasteiger partial charge is 0.397 e. The molecule has 122 valence electrons. The van der Waals surface area contributed by atoms with Crippen molar-refractivity contribution >= 4 is 5.69 Å². The Balaban J connectivity index is 1.66. The zero-order valence-electron chi connectivity index (χ0n) is 13.6. The third kappa shape index (κ3) is 4.20. The lowest BCUT2D eigenvalue weighted by molar-refractivity contribution is 0.271. The van der Waals surface area contributed by atoms with Gasteiger partial charge >= 0.3 is 0 Å². The zero-order chi connectivity index (χ0) is 15.2. The zero-order valence-corrected chi connectivity index (χ0v) is 13.6. The Morgan fingerprint density at radius 2 is 1.73 bits per heavy atom. The van der Waals surface area contributed by atoms with Crippen LogP contribution in [-0.2, 0) is 0 Å². The molecule has 2 aliphatic rings. The van der Waals surface area contributed by atoms with Crippen molar-refractivity contribution in [3.8, 4) is 0 Å². The van der Waals surface area contributed by atoms with E-state index in [4.69, 9.17) is 5.73 Å². The van der Waals surface area contributed by atoms with E-state index in [2.05, 4.69) is 21.7 Å². The molecule has 4 nitrogen and oxygen atoms in total. The van der Waals surface area contributed by atoms with Gasteiger partial charge < -0.3 is 16.4 Å². The Labute approximate surface area is 134 Å². The summed E-state index contributed by atoms with van der Waals surface area (Å²) in [6.07, 6.45) is 9.70. The van der Waals surface area contributed by atoms with Crippen molar-refractivity contribution in [2.24, 2.45) is 11.8 Å². The molecule has 22 heavy (non-hydrogen) atoms. The molecule has 2 fully saturated rings. The summed E-state index contributed by atoms with van der Waals surface area (Å²) < 4.78 is 0. The van der Waals surface area contributed by atoms with Gasteiger partial charge in [0.2, 0.25) is 0 Å². The standard InChI is InChI=1S/C18H30N4/c19-16-2-4-18(22-13-16)17(15-7-11-21-12-8-15)3-1-14-5-9-20-10-6-14/h2,4,13-15,17,20-21H,1,3,5-12,19H2. The van der Waals surface area contributed by atoms with Gasteiger partial charge in [0, 0.05) is 11.6 Å². The molecular weight excluding hydrogens is 272 g/mol. The van der Waals surface area contributed by atoms with E-state index in [0.29, 0.717) is 5.92 Å². The minimum atomic E-state index is 0.609.